The average molecular weight is 360 g/mol. The van der Waals surface area contributed by atoms with Gasteiger partial charge in [-0.05, 0) is 48.6 Å². The summed E-state index contributed by atoms with van der Waals surface area (Å²) >= 11 is 0. The number of carbonyl (C=O) groups excluding carboxylic acids is 1. The molecule has 5 heteroatoms. The van der Waals surface area contributed by atoms with Crippen LogP contribution in [0.5, 0.6) is 0 Å². The van der Waals surface area contributed by atoms with Crippen molar-refractivity contribution in [3.63, 3.8) is 0 Å². The molecule has 5 nitrogen and oxygen atoms in total. The quantitative estimate of drug-likeness (QED) is 0.596. The number of anilines is 2. The highest BCUT2D eigenvalue weighted by Gasteiger charge is 2.07. The molecule has 0 aliphatic heterocycles. The van der Waals surface area contributed by atoms with Crippen LogP contribution in [0, 0.1) is 6.92 Å². The number of carbonyl (C=O) groups is 1. The predicted octanol–water partition coefficient (Wildman–Crippen LogP) is 4.01. The summed E-state index contributed by atoms with van der Waals surface area (Å²) in [5, 5.41) is 14.2. The van der Waals surface area contributed by atoms with Gasteiger partial charge in [0.15, 0.2) is 5.82 Å². The summed E-state index contributed by atoms with van der Waals surface area (Å²) in [5.41, 5.74) is 3.45. The van der Waals surface area contributed by atoms with Gasteiger partial charge in [-0.3, -0.25) is 4.79 Å². The zero-order chi connectivity index (χ0) is 18.9. The Bertz CT molecular complexity index is 863. The molecule has 0 saturated heterocycles. The lowest BCUT2D eigenvalue weighted by Gasteiger charge is -2.08. The molecule has 2 aromatic carbocycles. The summed E-state index contributed by atoms with van der Waals surface area (Å²) in [6.45, 7) is 2.82. The zero-order valence-corrected chi connectivity index (χ0v) is 15.5. The molecule has 0 aliphatic rings. The van der Waals surface area contributed by atoms with Gasteiger partial charge in [0.05, 0.1) is 6.42 Å². The standard InChI is InChI=1S/C22H24N4O/c1-17-8-5-6-12-19(17)16-22(27)24-21-14-13-20(25-26-21)23-15-7-11-18-9-3-2-4-10-18/h2-6,8-10,12-14H,7,11,15-16H2,1H3,(H,23,25)(H,24,26,27). The highest BCUT2D eigenvalue weighted by atomic mass is 16.1. The number of rotatable bonds is 8. The molecule has 0 fully saturated rings. The fourth-order valence-electron chi connectivity index (χ4n) is 2.82. The van der Waals surface area contributed by atoms with E-state index in [9.17, 15) is 4.79 Å². The van der Waals surface area contributed by atoms with Crippen molar-refractivity contribution in [2.45, 2.75) is 26.2 Å². The Kier molecular flexibility index (Phi) is 6.52. The summed E-state index contributed by atoms with van der Waals surface area (Å²) in [6, 6.07) is 21.9. The van der Waals surface area contributed by atoms with Crippen LogP contribution in [0.15, 0.2) is 66.7 Å². The Morgan fingerprint density at radius 3 is 2.33 bits per heavy atom. The number of benzene rings is 2. The van der Waals surface area contributed by atoms with Crippen molar-refractivity contribution in [2.75, 3.05) is 17.2 Å². The smallest absolute Gasteiger partial charge is 0.230 e. The molecule has 138 valence electrons. The average Bonchev–Trinajstić information content (AvgIpc) is 2.69. The third kappa shape index (κ3) is 5.92. The molecule has 0 radical (unpaired) electrons. The molecular formula is C22H24N4O. The van der Waals surface area contributed by atoms with Crippen LogP contribution in [0.1, 0.15) is 23.1 Å². The number of aromatic nitrogens is 2. The van der Waals surface area contributed by atoms with Crippen molar-refractivity contribution in [3.8, 4) is 0 Å². The van der Waals surface area contributed by atoms with Gasteiger partial charge in [-0.1, -0.05) is 54.6 Å². The third-order valence-corrected chi connectivity index (χ3v) is 4.34. The van der Waals surface area contributed by atoms with Crippen molar-refractivity contribution in [2.24, 2.45) is 0 Å². The lowest BCUT2D eigenvalue weighted by molar-refractivity contribution is -0.115. The molecule has 0 bridgehead atoms. The van der Waals surface area contributed by atoms with E-state index in [1.165, 1.54) is 5.56 Å². The molecule has 0 spiro atoms. The number of hydrogen-bond donors (Lipinski definition) is 2. The highest BCUT2D eigenvalue weighted by molar-refractivity contribution is 5.91. The Labute approximate surface area is 159 Å². The van der Waals surface area contributed by atoms with E-state index >= 15 is 0 Å². The number of nitrogens with one attached hydrogen (secondary N) is 2. The number of nitrogens with zero attached hydrogens (tertiary/aromatic N) is 2. The maximum atomic E-state index is 12.2. The van der Waals surface area contributed by atoms with Gasteiger partial charge in [0, 0.05) is 6.54 Å². The second-order valence-corrected chi connectivity index (χ2v) is 6.47. The maximum Gasteiger partial charge on any atom is 0.230 e. The van der Waals surface area contributed by atoms with Gasteiger partial charge < -0.3 is 10.6 Å². The summed E-state index contributed by atoms with van der Waals surface area (Å²) in [4.78, 5) is 12.2. The minimum Gasteiger partial charge on any atom is -0.369 e. The number of hydrogen-bond acceptors (Lipinski definition) is 4. The molecule has 1 aromatic heterocycles. The molecule has 2 N–H and O–H groups in total. The Morgan fingerprint density at radius 2 is 1.59 bits per heavy atom. The largest absolute Gasteiger partial charge is 0.369 e. The lowest BCUT2D eigenvalue weighted by atomic mass is 10.1. The van der Waals surface area contributed by atoms with Crippen LogP contribution < -0.4 is 10.6 Å². The van der Waals surface area contributed by atoms with Gasteiger partial charge in [-0.25, -0.2) is 0 Å². The molecular weight excluding hydrogens is 336 g/mol. The number of amides is 1. The Morgan fingerprint density at radius 1 is 0.889 bits per heavy atom. The summed E-state index contributed by atoms with van der Waals surface area (Å²) < 4.78 is 0. The molecule has 0 aliphatic carbocycles. The fourth-order valence-corrected chi connectivity index (χ4v) is 2.82. The predicted molar refractivity (Wildman–Crippen MR) is 109 cm³/mol. The van der Waals surface area contributed by atoms with Crippen molar-refractivity contribution >= 4 is 17.5 Å². The normalized spacial score (nSPS) is 10.4. The maximum absolute atomic E-state index is 12.2. The van der Waals surface area contributed by atoms with E-state index in [1.807, 2.05) is 43.3 Å². The molecule has 27 heavy (non-hydrogen) atoms. The van der Waals surface area contributed by atoms with E-state index < -0.39 is 0 Å². The molecule has 3 aromatic rings. The minimum absolute atomic E-state index is 0.0952. The Hall–Kier alpha value is -3.21. The van der Waals surface area contributed by atoms with E-state index in [4.69, 9.17) is 0 Å². The molecule has 0 atom stereocenters. The van der Waals surface area contributed by atoms with E-state index in [2.05, 4.69) is 45.1 Å². The SMILES string of the molecule is Cc1ccccc1CC(=O)Nc1ccc(NCCCc2ccccc2)nn1. The monoisotopic (exact) mass is 360 g/mol. The van der Waals surface area contributed by atoms with Gasteiger partial charge in [0.2, 0.25) is 5.91 Å². The van der Waals surface area contributed by atoms with Gasteiger partial charge in [0.25, 0.3) is 0 Å². The fraction of sp³-hybridized carbons (Fsp3) is 0.227. The van der Waals surface area contributed by atoms with Crippen molar-refractivity contribution in [1.29, 1.82) is 0 Å². The van der Waals surface area contributed by atoms with Crippen LogP contribution in [0.4, 0.5) is 11.6 Å². The molecule has 1 heterocycles. The van der Waals surface area contributed by atoms with Crippen LogP contribution in [-0.4, -0.2) is 22.6 Å². The van der Waals surface area contributed by atoms with Gasteiger partial charge >= 0.3 is 0 Å². The molecule has 0 saturated carbocycles. The van der Waals surface area contributed by atoms with Crippen LogP contribution in [-0.2, 0) is 17.6 Å². The molecule has 3 rings (SSSR count). The van der Waals surface area contributed by atoms with Crippen molar-refractivity contribution in [3.05, 3.63) is 83.4 Å². The minimum atomic E-state index is -0.0952. The van der Waals surface area contributed by atoms with Crippen LogP contribution >= 0.6 is 0 Å². The first-order valence-electron chi connectivity index (χ1n) is 9.16. The van der Waals surface area contributed by atoms with Gasteiger partial charge in [0.1, 0.15) is 5.82 Å². The highest BCUT2D eigenvalue weighted by Crippen LogP contribution is 2.11. The van der Waals surface area contributed by atoms with Gasteiger partial charge in [-0.2, -0.15) is 0 Å². The van der Waals surface area contributed by atoms with E-state index in [1.54, 1.807) is 6.07 Å². The molecule has 1 amide bonds. The van der Waals surface area contributed by atoms with Crippen LogP contribution in [0.25, 0.3) is 0 Å². The van der Waals surface area contributed by atoms with Crippen molar-refractivity contribution < 1.29 is 4.79 Å². The van der Waals surface area contributed by atoms with Crippen LogP contribution in [0.3, 0.4) is 0 Å². The first-order valence-corrected chi connectivity index (χ1v) is 9.16. The first kappa shape index (κ1) is 18.6. The summed E-state index contributed by atoms with van der Waals surface area (Å²) in [5.74, 6) is 1.07. The third-order valence-electron chi connectivity index (χ3n) is 4.34. The topological polar surface area (TPSA) is 66.9 Å². The van der Waals surface area contributed by atoms with E-state index in [-0.39, 0.29) is 5.91 Å². The second kappa shape index (κ2) is 9.48. The second-order valence-electron chi connectivity index (χ2n) is 6.47. The number of aryl methyl sites for hydroxylation is 2. The summed E-state index contributed by atoms with van der Waals surface area (Å²) in [6.07, 6.45) is 2.36. The molecule has 0 unspecified atom stereocenters. The van der Waals surface area contributed by atoms with Gasteiger partial charge in [-0.15, -0.1) is 10.2 Å². The Balaban J connectivity index is 1.43. The summed E-state index contributed by atoms with van der Waals surface area (Å²) in [7, 11) is 0. The zero-order valence-electron chi connectivity index (χ0n) is 15.5. The first-order chi connectivity index (χ1) is 13.2. The van der Waals surface area contributed by atoms with E-state index in [0.717, 1.165) is 30.5 Å². The van der Waals surface area contributed by atoms with Crippen molar-refractivity contribution in [1.82, 2.24) is 10.2 Å². The lowest BCUT2D eigenvalue weighted by Crippen LogP contribution is -2.16. The van der Waals surface area contributed by atoms with Crippen LogP contribution in [0.2, 0.25) is 0 Å². The van der Waals surface area contributed by atoms with E-state index in [0.29, 0.717) is 18.1 Å².